The van der Waals surface area contributed by atoms with Crippen molar-refractivity contribution in [3.05, 3.63) is 69.2 Å². The predicted molar refractivity (Wildman–Crippen MR) is 101 cm³/mol. The SMILES string of the molecule is Cc1nc2ccccc2c(=O)n1OCC(=O)NN=Cc1cc(Cl)ccc1O. The third-order valence-corrected chi connectivity index (χ3v) is 3.84. The number of amides is 1. The molecule has 0 spiro atoms. The summed E-state index contributed by atoms with van der Waals surface area (Å²) in [5, 5.41) is 14.2. The molecule has 0 unspecified atom stereocenters. The predicted octanol–water partition coefficient (Wildman–Crippen LogP) is 1.64. The molecule has 2 aromatic carbocycles. The van der Waals surface area contributed by atoms with Gasteiger partial charge in [0.05, 0.1) is 17.1 Å². The normalized spacial score (nSPS) is 11.0. The molecule has 8 nitrogen and oxygen atoms in total. The van der Waals surface area contributed by atoms with E-state index in [-0.39, 0.29) is 5.75 Å². The van der Waals surface area contributed by atoms with Crippen molar-refractivity contribution >= 4 is 34.6 Å². The number of phenols is 1. The molecule has 0 aliphatic rings. The summed E-state index contributed by atoms with van der Waals surface area (Å²) in [6, 6.07) is 11.3. The van der Waals surface area contributed by atoms with Crippen LogP contribution in [0.4, 0.5) is 0 Å². The van der Waals surface area contributed by atoms with Crippen LogP contribution in [0.25, 0.3) is 10.9 Å². The van der Waals surface area contributed by atoms with E-state index in [0.29, 0.717) is 27.3 Å². The van der Waals surface area contributed by atoms with Gasteiger partial charge in [-0.2, -0.15) is 5.10 Å². The van der Waals surface area contributed by atoms with Crippen molar-refractivity contribution in [3.8, 4) is 5.75 Å². The van der Waals surface area contributed by atoms with Crippen LogP contribution in [-0.4, -0.2) is 33.5 Å². The maximum absolute atomic E-state index is 12.4. The number of halogens is 1. The summed E-state index contributed by atoms with van der Waals surface area (Å²) in [4.78, 5) is 33.8. The first kappa shape index (κ1) is 18.4. The van der Waals surface area contributed by atoms with Gasteiger partial charge in [-0.25, -0.2) is 10.4 Å². The Labute approximate surface area is 158 Å². The maximum Gasteiger partial charge on any atom is 0.294 e. The monoisotopic (exact) mass is 386 g/mol. The number of hydrogen-bond acceptors (Lipinski definition) is 6. The van der Waals surface area contributed by atoms with Gasteiger partial charge in [-0.1, -0.05) is 23.7 Å². The smallest absolute Gasteiger partial charge is 0.294 e. The van der Waals surface area contributed by atoms with E-state index in [4.69, 9.17) is 16.4 Å². The van der Waals surface area contributed by atoms with E-state index < -0.39 is 18.1 Å². The highest BCUT2D eigenvalue weighted by atomic mass is 35.5. The average molecular weight is 387 g/mol. The number of nitrogens with one attached hydrogen (secondary N) is 1. The number of carbonyl (C=O) groups excluding carboxylic acids is 1. The molecule has 1 aromatic heterocycles. The largest absolute Gasteiger partial charge is 0.507 e. The van der Waals surface area contributed by atoms with Crippen LogP contribution in [0.3, 0.4) is 0 Å². The standard InChI is InChI=1S/C18H15ClN4O4/c1-11-21-15-5-3-2-4-14(15)18(26)23(11)27-10-17(25)22-20-9-12-8-13(19)6-7-16(12)24/h2-9,24H,10H2,1H3,(H,22,25). The van der Waals surface area contributed by atoms with E-state index in [1.807, 2.05) is 0 Å². The van der Waals surface area contributed by atoms with Gasteiger partial charge in [-0.15, -0.1) is 4.73 Å². The molecule has 3 aromatic rings. The molecule has 0 bridgehead atoms. The fourth-order valence-corrected chi connectivity index (χ4v) is 2.52. The molecule has 138 valence electrons. The minimum Gasteiger partial charge on any atom is -0.507 e. The Kier molecular flexibility index (Phi) is 5.37. The minimum absolute atomic E-state index is 0.0296. The highest BCUT2D eigenvalue weighted by Crippen LogP contribution is 2.19. The number of fused-ring (bicyclic) bond motifs is 1. The summed E-state index contributed by atoms with van der Waals surface area (Å²) in [5.74, 6) is -0.302. The van der Waals surface area contributed by atoms with Gasteiger partial charge in [0.2, 0.25) is 0 Å². The van der Waals surface area contributed by atoms with Crippen molar-refractivity contribution in [1.29, 1.82) is 0 Å². The first-order valence-corrected chi connectivity index (χ1v) is 8.25. The van der Waals surface area contributed by atoms with Gasteiger partial charge in [-0.05, 0) is 37.3 Å². The number of rotatable bonds is 5. The Balaban J connectivity index is 1.66. The van der Waals surface area contributed by atoms with Gasteiger partial charge in [-0.3, -0.25) is 9.59 Å². The topological polar surface area (TPSA) is 106 Å². The van der Waals surface area contributed by atoms with E-state index >= 15 is 0 Å². The number of hydrogen-bond donors (Lipinski definition) is 2. The quantitative estimate of drug-likeness (QED) is 0.512. The molecule has 0 fully saturated rings. The lowest BCUT2D eigenvalue weighted by Crippen LogP contribution is -2.35. The molecule has 27 heavy (non-hydrogen) atoms. The summed E-state index contributed by atoms with van der Waals surface area (Å²) in [6.07, 6.45) is 1.24. The minimum atomic E-state index is -0.591. The Hall–Kier alpha value is -3.39. The molecule has 2 N–H and O–H groups in total. The number of hydrazone groups is 1. The van der Waals surface area contributed by atoms with Crippen molar-refractivity contribution in [2.75, 3.05) is 6.61 Å². The Morgan fingerprint density at radius 1 is 1.37 bits per heavy atom. The third-order valence-electron chi connectivity index (χ3n) is 3.60. The highest BCUT2D eigenvalue weighted by Gasteiger charge is 2.10. The van der Waals surface area contributed by atoms with Crippen LogP contribution in [0.1, 0.15) is 11.4 Å². The highest BCUT2D eigenvalue weighted by molar-refractivity contribution is 6.30. The summed E-state index contributed by atoms with van der Waals surface area (Å²) in [7, 11) is 0. The number of phenolic OH excluding ortho intramolecular Hbond substituents is 1. The maximum atomic E-state index is 12.4. The zero-order valence-corrected chi connectivity index (χ0v) is 15.0. The Morgan fingerprint density at radius 3 is 2.96 bits per heavy atom. The fraction of sp³-hybridized carbons (Fsp3) is 0.111. The van der Waals surface area contributed by atoms with Gasteiger partial charge in [0.1, 0.15) is 11.6 Å². The number of benzene rings is 2. The molecule has 1 heterocycles. The first-order chi connectivity index (χ1) is 13.0. The number of nitrogens with zero attached hydrogens (tertiary/aromatic N) is 3. The number of para-hydroxylation sites is 1. The molecule has 1 amide bonds. The van der Waals surface area contributed by atoms with Crippen LogP contribution in [0.5, 0.6) is 5.75 Å². The molecule has 0 radical (unpaired) electrons. The van der Waals surface area contributed by atoms with Crippen LogP contribution in [0, 0.1) is 6.92 Å². The summed E-state index contributed by atoms with van der Waals surface area (Å²) >= 11 is 5.83. The number of carbonyl (C=O) groups is 1. The summed E-state index contributed by atoms with van der Waals surface area (Å²) in [6.45, 7) is 1.16. The van der Waals surface area contributed by atoms with Crippen LogP contribution in [0.15, 0.2) is 52.4 Å². The van der Waals surface area contributed by atoms with E-state index in [1.54, 1.807) is 31.2 Å². The Bertz CT molecular complexity index is 1090. The van der Waals surface area contributed by atoms with E-state index in [0.717, 1.165) is 4.73 Å². The average Bonchev–Trinajstić information content (AvgIpc) is 2.64. The van der Waals surface area contributed by atoms with E-state index in [9.17, 15) is 14.7 Å². The summed E-state index contributed by atoms with van der Waals surface area (Å²) in [5.41, 5.74) is 2.73. The number of aryl methyl sites for hydroxylation is 1. The summed E-state index contributed by atoms with van der Waals surface area (Å²) < 4.78 is 0.967. The van der Waals surface area contributed by atoms with Crippen LogP contribution >= 0.6 is 11.6 Å². The second-order valence-electron chi connectivity index (χ2n) is 5.55. The molecular weight excluding hydrogens is 372 g/mol. The van der Waals surface area contributed by atoms with E-state index in [2.05, 4.69) is 15.5 Å². The van der Waals surface area contributed by atoms with Crippen molar-refractivity contribution in [2.45, 2.75) is 6.92 Å². The molecule has 3 rings (SSSR count). The van der Waals surface area contributed by atoms with Gasteiger partial charge >= 0.3 is 0 Å². The number of aromatic nitrogens is 2. The van der Waals surface area contributed by atoms with Gasteiger partial charge in [0.15, 0.2) is 6.61 Å². The van der Waals surface area contributed by atoms with Gasteiger partial charge in [0, 0.05) is 10.6 Å². The van der Waals surface area contributed by atoms with Gasteiger partial charge in [0.25, 0.3) is 11.5 Å². The lowest BCUT2D eigenvalue weighted by atomic mass is 10.2. The fourth-order valence-electron chi connectivity index (χ4n) is 2.34. The van der Waals surface area contributed by atoms with Crippen molar-refractivity contribution in [1.82, 2.24) is 15.1 Å². The molecule has 0 atom stereocenters. The zero-order chi connectivity index (χ0) is 19.4. The lowest BCUT2D eigenvalue weighted by molar-refractivity contribution is -0.126. The Morgan fingerprint density at radius 2 is 2.15 bits per heavy atom. The second kappa shape index (κ2) is 7.88. The molecule has 9 heteroatoms. The van der Waals surface area contributed by atoms with Crippen molar-refractivity contribution < 1.29 is 14.7 Å². The van der Waals surface area contributed by atoms with Crippen molar-refractivity contribution in [3.63, 3.8) is 0 Å². The molecule has 0 aliphatic carbocycles. The van der Waals surface area contributed by atoms with Gasteiger partial charge < -0.3 is 9.94 Å². The van der Waals surface area contributed by atoms with E-state index in [1.165, 1.54) is 24.4 Å². The molecular formula is C18H15ClN4O4. The van der Waals surface area contributed by atoms with Crippen LogP contribution < -0.4 is 15.8 Å². The molecule has 0 aliphatic heterocycles. The third kappa shape index (κ3) is 4.24. The van der Waals surface area contributed by atoms with Crippen LogP contribution in [-0.2, 0) is 4.79 Å². The van der Waals surface area contributed by atoms with Crippen molar-refractivity contribution in [2.24, 2.45) is 5.10 Å². The molecule has 0 saturated carbocycles. The zero-order valence-electron chi connectivity index (χ0n) is 14.2. The molecule has 0 saturated heterocycles. The lowest BCUT2D eigenvalue weighted by Gasteiger charge is -2.11. The van der Waals surface area contributed by atoms with Crippen LogP contribution in [0.2, 0.25) is 5.02 Å². The number of aromatic hydroxyl groups is 1. The first-order valence-electron chi connectivity index (χ1n) is 7.88. The second-order valence-corrected chi connectivity index (χ2v) is 5.98.